The van der Waals surface area contributed by atoms with Gasteiger partial charge in [0.1, 0.15) is 11.4 Å². The Bertz CT molecular complexity index is 978. The number of aromatic nitrogens is 3. The van der Waals surface area contributed by atoms with Crippen molar-refractivity contribution in [2.24, 2.45) is 0 Å². The third-order valence-corrected chi connectivity index (χ3v) is 4.49. The second-order valence-corrected chi connectivity index (χ2v) is 6.27. The second kappa shape index (κ2) is 7.48. The summed E-state index contributed by atoms with van der Waals surface area (Å²) in [7, 11) is 1.66. The highest BCUT2D eigenvalue weighted by molar-refractivity contribution is 5.52. The van der Waals surface area contributed by atoms with E-state index in [1.54, 1.807) is 17.9 Å². The quantitative estimate of drug-likeness (QED) is 0.695. The van der Waals surface area contributed by atoms with Gasteiger partial charge in [-0.05, 0) is 29.8 Å². The highest BCUT2D eigenvalue weighted by Crippen LogP contribution is 2.32. The second-order valence-electron chi connectivity index (χ2n) is 6.27. The third kappa shape index (κ3) is 3.61. The van der Waals surface area contributed by atoms with Crippen molar-refractivity contribution in [1.29, 1.82) is 5.26 Å². The van der Waals surface area contributed by atoms with Crippen LogP contribution >= 0.6 is 0 Å². The fourth-order valence-corrected chi connectivity index (χ4v) is 3.20. The molecule has 7 nitrogen and oxygen atoms in total. The highest BCUT2D eigenvalue weighted by atomic mass is 16.5. The molecule has 2 aromatic carbocycles. The van der Waals surface area contributed by atoms with Gasteiger partial charge in [0.25, 0.3) is 0 Å². The molecule has 4 rings (SSSR count). The number of benzene rings is 2. The van der Waals surface area contributed by atoms with Gasteiger partial charge < -0.3 is 14.4 Å². The molecule has 1 aliphatic rings. The van der Waals surface area contributed by atoms with Crippen molar-refractivity contribution in [2.45, 2.75) is 12.8 Å². The van der Waals surface area contributed by atoms with E-state index in [9.17, 15) is 0 Å². The van der Waals surface area contributed by atoms with Crippen molar-refractivity contribution >= 4 is 5.69 Å². The van der Waals surface area contributed by atoms with Crippen LogP contribution in [0, 0.1) is 11.3 Å². The molecule has 136 valence electrons. The zero-order chi connectivity index (χ0) is 18.6. The molecule has 0 saturated carbocycles. The number of rotatable bonds is 5. The SMILES string of the molecule is COc1cccc(N2CCO[C@H]2c2cn(Cc3cccc(C#N)c3)nn2)c1. The maximum Gasteiger partial charge on any atom is 0.177 e. The number of nitrogens with zero attached hydrogens (tertiary/aromatic N) is 5. The molecular formula is C20H19N5O2. The molecule has 0 unspecified atom stereocenters. The number of anilines is 1. The zero-order valence-corrected chi connectivity index (χ0v) is 14.9. The van der Waals surface area contributed by atoms with Gasteiger partial charge in [-0.2, -0.15) is 5.26 Å². The Morgan fingerprint density at radius 1 is 1.26 bits per heavy atom. The van der Waals surface area contributed by atoms with E-state index in [2.05, 4.69) is 21.3 Å². The van der Waals surface area contributed by atoms with E-state index in [4.69, 9.17) is 14.7 Å². The van der Waals surface area contributed by atoms with E-state index in [1.165, 1.54) is 0 Å². The highest BCUT2D eigenvalue weighted by Gasteiger charge is 2.29. The molecule has 7 heteroatoms. The molecule has 1 fully saturated rings. The van der Waals surface area contributed by atoms with Crippen molar-refractivity contribution < 1.29 is 9.47 Å². The normalized spacial score (nSPS) is 16.3. The Hall–Kier alpha value is -3.37. The van der Waals surface area contributed by atoms with Crippen LogP contribution < -0.4 is 9.64 Å². The Morgan fingerprint density at radius 2 is 2.15 bits per heavy atom. The summed E-state index contributed by atoms with van der Waals surface area (Å²) < 4.78 is 13.0. The maximum absolute atomic E-state index is 9.03. The summed E-state index contributed by atoms with van der Waals surface area (Å²) in [5, 5.41) is 17.6. The molecule has 0 N–H and O–H groups in total. The minimum Gasteiger partial charge on any atom is -0.497 e. The summed E-state index contributed by atoms with van der Waals surface area (Å²) >= 11 is 0. The lowest BCUT2D eigenvalue weighted by Gasteiger charge is -2.23. The van der Waals surface area contributed by atoms with Crippen LogP contribution in [0.25, 0.3) is 0 Å². The molecule has 0 amide bonds. The molecule has 0 radical (unpaired) electrons. The number of methoxy groups -OCH3 is 1. The van der Waals surface area contributed by atoms with Crippen molar-refractivity contribution in [1.82, 2.24) is 15.0 Å². The van der Waals surface area contributed by atoms with Gasteiger partial charge in [-0.25, -0.2) is 4.68 Å². The summed E-state index contributed by atoms with van der Waals surface area (Å²) in [5.74, 6) is 0.805. The summed E-state index contributed by atoms with van der Waals surface area (Å²) in [5.41, 5.74) is 3.42. The first kappa shape index (κ1) is 17.1. The molecule has 0 bridgehead atoms. The molecule has 0 spiro atoms. The zero-order valence-electron chi connectivity index (χ0n) is 14.9. The summed E-state index contributed by atoms with van der Waals surface area (Å²) in [6.45, 7) is 1.95. The number of nitriles is 1. The van der Waals surface area contributed by atoms with Gasteiger partial charge in [0.2, 0.25) is 0 Å². The van der Waals surface area contributed by atoms with Crippen LogP contribution in [0.3, 0.4) is 0 Å². The Kier molecular flexibility index (Phi) is 4.73. The van der Waals surface area contributed by atoms with Crippen LogP contribution in [0.1, 0.15) is 23.0 Å². The number of ether oxygens (including phenoxy) is 2. The van der Waals surface area contributed by atoms with E-state index in [0.29, 0.717) is 18.7 Å². The Morgan fingerprint density at radius 3 is 3.00 bits per heavy atom. The average molecular weight is 361 g/mol. The van der Waals surface area contributed by atoms with Crippen molar-refractivity contribution in [3.05, 3.63) is 71.5 Å². The predicted molar refractivity (Wildman–Crippen MR) is 99.3 cm³/mol. The van der Waals surface area contributed by atoms with Crippen molar-refractivity contribution in [3.8, 4) is 11.8 Å². The first-order valence-corrected chi connectivity index (χ1v) is 8.68. The molecule has 27 heavy (non-hydrogen) atoms. The summed E-state index contributed by atoms with van der Waals surface area (Å²) in [6, 6.07) is 17.5. The standard InChI is InChI=1S/C20H19N5O2/c1-26-18-7-3-6-17(11-18)25-8-9-27-20(25)19-14-24(23-22-19)13-16-5-2-4-15(10-16)12-21/h2-7,10-11,14,20H,8-9,13H2,1H3/t20-/m0/s1. The van der Waals surface area contributed by atoms with E-state index in [1.807, 2.05) is 48.7 Å². The van der Waals surface area contributed by atoms with E-state index in [0.717, 1.165) is 29.2 Å². The molecule has 1 atom stereocenters. The lowest BCUT2D eigenvalue weighted by atomic mass is 10.1. The van der Waals surface area contributed by atoms with Gasteiger partial charge in [-0.1, -0.05) is 23.4 Å². The molecule has 2 heterocycles. The number of hydrogen-bond acceptors (Lipinski definition) is 6. The largest absolute Gasteiger partial charge is 0.497 e. The Balaban J connectivity index is 1.54. The third-order valence-electron chi connectivity index (χ3n) is 4.49. The van der Waals surface area contributed by atoms with Crippen LogP contribution in [-0.4, -0.2) is 35.3 Å². The van der Waals surface area contributed by atoms with Crippen molar-refractivity contribution in [3.63, 3.8) is 0 Å². The van der Waals surface area contributed by atoms with Gasteiger partial charge >= 0.3 is 0 Å². The molecular weight excluding hydrogens is 342 g/mol. The lowest BCUT2D eigenvalue weighted by Crippen LogP contribution is -2.23. The Labute approximate surface area is 157 Å². The van der Waals surface area contributed by atoms with Gasteiger partial charge in [0.05, 0.1) is 38.1 Å². The van der Waals surface area contributed by atoms with E-state index < -0.39 is 0 Å². The fraction of sp³-hybridized carbons (Fsp3) is 0.250. The van der Waals surface area contributed by atoms with E-state index >= 15 is 0 Å². The minimum absolute atomic E-state index is 0.281. The smallest absolute Gasteiger partial charge is 0.177 e. The van der Waals surface area contributed by atoms with Crippen LogP contribution in [0.2, 0.25) is 0 Å². The molecule has 3 aromatic rings. The minimum atomic E-state index is -0.281. The molecule has 1 saturated heterocycles. The van der Waals surface area contributed by atoms with Crippen LogP contribution in [0.4, 0.5) is 5.69 Å². The van der Waals surface area contributed by atoms with Gasteiger partial charge in [0, 0.05) is 18.3 Å². The summed E-state index contributed by atoms with van der Waals surface area (Å²) in [4.78, 5) is 2.15. The topological polar surface area (TPSA) is 76.2 Å². The molecule has 1 aliphatic heterocycles. The maximum atomic E-state index is 9.03. The lowest BCUT2D eigenvalue weighted by molar-refractivity contribution is 0.110. The van der Waals surface area contributed by atoms with Crippen LogP contribution in [0.15, 0.2) is 54.7 Å². The average Bonchev–Trinajstić information content (AvgIpc) is 3.37. The number of hydrogen-bond donors (Lipinski definition) is 0. The first-order valence-electron chi connectivity index (χ1n) is 8.68. The summed E-state index contributed by atoms with van der Waals surface area (Å²) in [6.07, 6.45) is 1.61. The molecule has 0 aliphatic carbocycles. The van der Waals surface area contributed by atoms with Crippen molar-refractivity contribution in [2.75, 3.05) is 25.2 Å². The monoisotopic (exact) mass is 361 g/mol. The fourth-order valence-electron chi connectivity index (χ4n) is 3.20. The van der Waals surface area contributed by atoms with Gasteiger partial charge in [-0.15, -0.1) is 5.10 Å². The van der Waals surface area contributed by atoms with E-state index in [-0.39, 0.29) is 6.23 Å². The van der Waals surface area contributed by atoms with Gasteiger partial charge in [0.15, 0.2) is 6.23 Å². The first-order chi connectivity index (χ1) is 13.3. The predicted octanol–water partition coefficient (Wildman–Crippen LogP) is 2.74. The van der Waals surface area contributed by atoms with Gasteiger partial charge in [-0.3, -0.25) is 0 Å². The van der Waals surface area contributed by atoms with Crippen LogP contribution in [0.5, 0.6) is 5.75 Å². The molecule has 1 aromatic heterocycles. The van der Waals surface area contributed by atoms with Crippen LogP contribution in [-0.2, 0) is 11.3 Å².